The molecule has 0 N–H and O–H groups in total. The summed E-state index contributed by atoms with van der Waals surface area (Å²) in [6, 6.07) is 0. The van der Waals surface area contributed by atoms with Gasteiger partial charge in [-0.2, -0.15) is 0 Å². The SMILES string of the molecule is CC1CCC(C)C1B1C2CCCC1CCC2. The van der Waals surface area contributed by atoms with E-state index in [4.69, 9.17) is 0 Å². The third kappa shape index (κ3) is 1.75. The van der Waals surface area contributed by atoms with Crippen LogP contribution in [-0.4, -0.2) is 6.71 Å². The Morgan fingerprint density at radius 3 is 1.56 bits per heavy atom. The Hall–Kier alpha value is 0.0649. The van der Waals surface area contributed by atoms with Crippen LogP contribution in [0.2, 0.25) is 17.5 Å². The molecule has 0 aromatic carbocycles. The summed E-state index contributed by atoms with van der Waals surface area (Å²) in [4.78, 5) is 0. The van der Waals surface area contributed by atoms with Gasteiger partial charge < -0.3 is 0 Å². The zero-order valence-corrected chi connectivity index (χ0v) is 11.1. The van der Waals surface area contributed by atoms with Crippen molar-refractivity contribution in [1.29, 1.82) is 0 Å². The summed E-state index contributed by atoms with van der Waals surface area (Å²) in [6.45, 7) is 6.21. The van der Waals surface area contributed by atoms with Crippen LogP contribution in [0.5, 0.6) is 0 Å². The number of hydrogen-bond donors (Lipinski definition) is 0. The second-order valence-corrected chi connectivity index (χ2v) is 7.07. The van der Waals surface area contributed by atoms with E-state index in [2.05, 4.69) is 13.8 Å². The topological polar surface area (TPSA) is 0 Å². The molecule has 0 aromatic heterocycles. The molecule has 0 aromatic rings. The van der Waals surface area contributed by atoms with Crippen molar-refractivity contribution in [2.45, 2.75) is 82.7 Å². The standard InChI is InChI=1S/C15H27B/c1-11-9-10-12(2)15(11)16-13-5-3-6-14(16)8-4-7-13/h11-15H,3-10H2,1-2H3. The van der Waals surface area contributed by atoms with Gasteiger partial charge in [0, 0.05) is 0 Å². The first-order valence-electron chi connectivity index (χ1n) is 7.77. The minimum absolute atomic E-state index is 1.03. The van der Waals surface area contributed by atoms with Crippen molar-refractivity contribution in [2.75, 3.05) is 0 Å². The summed E-state index contributed by atoms with van der Waals surface area (Å²) in [5, 5.41) is 0. The molecule has 2 atom stereocenters. The van der Waals surface area contributed by atoms with Gasteiger partial charge in [-0.3, -0.25) is 0 Å². The second kappa shape index (κ2) is 4.39. The second-order valence-electron chi connectivity index (χ2n) is 7.07. The molecule has 90 valence electrons. The highest BCUT2D eigenvalue weighted by molar-refractivity contribution is 6.64. The highest BCUT2D eigenvalue weighted by Gasteiger charge is 2.48. The maximum Gasteiger partial charge on any atom is 0.150 e. The zero-order chi connectivity index (χ0) is 11.1. The molecule has 2 aliphatic heterocycles. The predicted octanol–water partition coefficient (Wildman–Crippen LogP) is 5.03. The Bertz CT molecular complexity index is 218. The first-order chi connectivity index (χ1) is 7.77. The summed E-state index contributed by atoms with van der Waals surface area (Å²) < 4.78 is 0. The highest BCUT2D eigenvalue weighted by Crippen LogP contribution is 2.56. The van der Waals surface area contributed by atoms with E-state index in [1.807, 2.05) is 0 Å². The van der Waals surface area contributed by atoms with Crippen molar-refractivity contribution in [2.24, 2.45) is 11.8 Å². The number of fused-ring (bicyclic) bond motifs is 2. The molecule has 2 unspecified atom stereocenters. The van der Waals surface area contributed by atoms with Gasteiger partial charge in [-0.1, -0.05) is 82.7 Å². The van der Waals surface area contributed by atoms with Crippen LogP contribution >= 0.6 is 0 Å². The minimum atomic E-state index is 1.03. The molecule has 2 heterocycles. The lowest BCUT2D eigenvalue weighted by Crippen LogP contribution is -2.40. The van der Waals surface area contributed by atoms with Crippen molar-refractivity contribution in [3.05, 3.63) is 0 Å². The molecule has 3 fully saturated rings. The van der Waals surface area contributed by atoms with E-state index in [-0.39, 0.29) is 0 Å². The van der Waals surface area contributed by atoms with E-state index in [0.717, 1.165) is 36.0 Å². The van der Waals surface area contributed by atoms with Crippen molar-refractivity contribution < 1.29 is 0 Å². The van der Waals surface area contributed by atoms with E-state index < -0.39 is 0 Å². The highest BCUT2D eigenvalue weighted by atomic mass is 14.4. The van der Waals surface area contributed by atoms with Gasteiger partial charge in [0.25, 0.3) is 0 Å². The molecule has 0 spiro atoms. The van der Waals surface area contributed by atoms with Crippen LogP contribution in [-0.2, 0) is 0 Å². The van der Waals surface area contributed by atoms with Gasteiger partial charge >= 0.3 is 0 Å². The quantitative estimate of drug-likeness (QED) is 0.542. The summed E-state index contributed by atoms with van der Waals surface area (Å²) in [5.41, 5.74) is 0. The molecule has 0 radical (unpaired) electrons. The van der Waals surface area contributed by atoms with Crippen LogP contribution in [0.25, 0.3) is 0 Å². The average molecular weight is 218 g/mol. The molecular formula is C15H27B. The average Bonchev–Trinajstić information content (AvgIpc) is 2.57. The van der Waals surface area contributed by atoms with Gasteiger partial charge in [-0.25, -0.2) is 0 Å². The van der Waals surface area contributed by atoms with Gasteiger partial charge in [0.15, 0.2) is 0 Å². The van der Waals surface area contributed by atoms with E-state index in [9.17, 15) is 0 Å². The van der Waals surface area contributed by atoms with Crippen LogP contribution < -0.4 is 0 Å². The molecular weight excluding hydrogens is 191 g/mol. The molecule has 1 aliphatic carbocycles. The van der Waals surface area contributed by atoms with Gasteiger partial charge in [-0.05, 0) is 11.8 Å². The molecule has 1 saturated carbocycles. The molecule has 3 aliphatic rings. The fourth-order valence-corrected chi connectivity index (χ4v) is 5.59. The summed E-state index contributed by atoms with van der Waals surface area (Å²) in [7, 11) is 0. The zero-order valence-electron chi connectivity index (χ0n) is 11.1. The van der Waals surface area contributed by atoms with E-state index >= 15 is 0 Å². The number of hydrogen-bond acceptors (Lipinski definition) is 0. The largest absolute Gasteiger partial charge is 0.150 e. The van der Waals surface area contributed by atoms with Crippen LogP contribution in [0, 0.1) is 11.8 Å². The lowest BCUT2D eigenvalue weighted by molar-refractivity contribution is 0.411. The lowest BCUT2D eigenvalue weighted by Gasteiger charge is -2.46. The number of rotatable bonds is 1. The first-order valence-corrected chi connectivity index (χ1v) is 7.77. The smallest absolute Gasteiger partial charge is 0.0629 e. The van der Waals surface area contributed by atoms with Crippen molar-refractivity contribution >= 4 is 6.71 Å². The maximum absolute atomic E-state index is 2.54. The molecule has 3 rings (SSSR count). The van der Waals surface area contributed by atoms with Crippen LogP contribution in [0.4, 0.5) is 0 Å². The van der Waals surface area contributed by atoms with Gasteiger partial charge in [0.2, 0.25) is 0 Å². The third-order valence-electron chi connectivity index (χ3n) is 6.22. The Morgan fingerprint density at radius 2 is 1.12 bits per heavy atom. The van der Waals surface area contributed by atoms with Gasteiger partial charge in [0.1, 0.15) is 6.71 Å². The van der Waals surface area contributed by atoms with Crippen molar-refractivity contribution in [1.82, 2.24) is 0 Å². The van der Waals surface area contributed by atoms with Crippen LogP contribution in [0.1, 0.15) is 65.2 Å². The predicted molar refractivity (Wildman–Crippen MR) is 72.3 cm³/mol. The fourth-order valence-electron chi connectivity index (χ4n) is 5.59. The molecule has 2 saturated heterocycles. The van der Waals surface area contributed by atoms with E-state index in [1.54, 1.807) is 38.5 Å². The summed E-state index contributed by atoms with van der Waals surface area (Å²) >= 11 is 0. The van der Waals surface area contributed by atoms with Crippen molar-refractivity contribution in [3.63, 3.8) is 0 Å². The van der Waals surface area contributed by atoms with Crippen LogP contribution in [0.15, 0.2) is 0 Å². The normalized spacial score (nSPS) is 48.4. The fraction of sp³-hybridized carbons (Fsp3) is 1.00. The third-order valence-corrected chi connectivity index (χ3v) is 6.22. The Labute approximate surface area is 102 Å². The summed E-state index contributed by atoms with van der Waals surface area (Å²) in [6.07, 6.45) is 12.4. The summed E-state index contributed by atoms with van der Waals surface area (Å²) in [5.74, 6) is 5.40. The molecule has 0 nitrogen and oxygen atoms in total. The van der Waals surface area contributed by atoms with E-state index in [0.29, 0.717) is 0 Å². The van der Waals surface area contributed by atoms with Crippen LogP contribution in [0.3, 0.4) is 0 Å². The molecule has 1 heteroatoms. The maximum atomic E-state index is 2.54. The van der Waals surface area contributed by atoms with E-state index in [1.165, 1.54) is 12.8 Å². The minimum Gasteiger partial charge on any atom is -0.0629 e. The van der Waals surface area contributed by atoms with Gasteiger partial charge in [-0.15, -0.1) is 0 Å². The van der Waals surface area contributed by atoms with Gasteiger partial charge in [0.05, 0.1) is 0 Å². The Kier molecular flexibility index (Phi) is 3.06. The Morgan fingerprint density at radius 1 is 0.688 bits per heavy atom. The molecule has 0 amide bonds. The lowest BCUT2D eigenvalue weighted by atomic mass is 9.21. The van der Waals surface area contributed by atoms with Crippen molar-refractivity contribution in [3.8, 4) is 0 Å². The molecule has 2 bridgehead atoms. The molecule has 16 heavy (non-hydrogen) atoms. The monoisotopic (exact) mass is 218 g/mol. The first kappa shape index (κ1) is 11.2. The Balaban J connectivity index is 1.81.